The van der Waals surface area contributed by atoms with Gasteiger partial charge in [-0.1, -0.05) is 26.7 Å². The Bertz CT molecular complexity index is 295. The molecule has 1 aliphatic rings. The van der Waals surface area contributed by atoms with Crippen molar-refractivity contribution >= 4 is 0 Å². The van der Waals surface area contributed by atoms with E-state index in [1.807, 2.05) is 20.8 Å². The van der Waals surface area contributed by atoms with Gasteiger partial charge in [0.15, 0.2) is 0 Å². The second-order valence-corrected chi connectivity index (χ2v) is 3.87. The van der Waals surface area contributed by atoms with Crippen molar-refractivity contribution in [2.24, 2.45) is 0 Å². The lowest BCUT2D eigenvalue weighted by molar-refractivity contribution is 0.601. The van der Waals surface area contributed by atoms with Gasteiger partial charge in [-0.2, -0.15) is 10.2 Å². The topological polar surface area (TPSA) is 25.8 Å². The Morgan fingerprint density at radius 2 is 1.60 bits per heavy atom. The summed E-state index contributed by atoms with van der Waals surface area (Å²) in [7, 11) is 0. The molecule has 2 nitrogen and oxygen atoms in total. The molecule has 2 rings (SSSR count). The maximum atomic E-state index is 4.27. The van der Waals surface area contributed by atoms with Crippen LogP contribution in [0.1, 0.15) is 56.5 Å². The summed E-state index contributed by atoms with van der Waals surface area (Å²) in [6, 6.07) is 2.20. The van der Waals surface area contributed by atoms with Gasteiger partial charge in [0.25, 0.3) is 0 Å². The van der Waals surface area contributed by atoms with Crippen LogP contribution < -0.4 is 0 Å². The molecule has 0 aromatic carbocycles. The van der Waals surface area contributed by atoms with Crippen molar-refractivity contribution < 1.29 is 0 Å². The summed E-state index contributed by atoms with van der Waals surface area (Å²) >= 11 is 0. The Balaban J connectivity index is 0.000000531. The van der Waals surface area contributed by atoms with Crippen LogP contribution in [0.4, 0.5) is 0 Å². The standard InChI is InChI=1S/C11H16N2.C2H6/c1-9-8-10-6-4-2-3-5-7-11(10)13-12-9;1-2/h8H,2-7H2,1H3;1-2H3. The van der Waals surface area contributed by atoms with Crippen molar-refractivity contribution in [2.75, 3.05) is 0 Å². The van der Waals surface area contributed by atoms with Crippen molar-refractivity contribution in [2.45, 2.75) is 59.3 Å². The molecule has 0 unspecified atom stereocenters. The maximum Gasteiger partial charge on any atom is 0.0663 e. The Morgan fingerprint density at radius 3 is 2.33 bits per heavy atom. The van der Waals surface area contributed by atoms with E-state index in [2.05, 4.69) is 16.3 Å². The third kappa shape index (κ3) is 3.61. The minimum absolute atomic E-state index is 1.05. The van der Waals surface area contributed by atoms with E-state index in [1.54, 1.807) is 0 Å². The van der Waals surface area contributed by atoms with E-state index < -0.39 is 0 Å². The SMILES string of the molecule is CC.Cc1cc2c(nn1)CCCCCC2. The largest absolute Gasteiger partial charge is 0.156 e. The number of aromatic nitrogens is 2. The molecule has 0 radical (unpaired) electrons. The van der Waals surface area contributed by atoms with Gasteiger partial charge in [0.05, 0.1) is 11.4 Å². The quantitative estimate of drug-likeness (QED) is 0.649. The number of fused-ring (bicyclic) bond motifs is 1. The van der Waals surface area contributed by atoms with Crippen LogP contribution in [0, 0.1) is 6.92 Å². The molecule has 1 aliphatic carbocycles. The first kappa shape index (κ1) is 12.2. The predicted molar refractivity (Wildman–Crippen MR) is 64.0 cm³/mol. The third-order valence-electron chi connectivity index (χ3n) is 2.69. The molecule has 1 heterocycles. The van der Waals surface area contributed by atoms with Crippen LogP contribution in [-0.2, 0) is 12.8 Å². The number of nitrogens with zero attached hydrogens (tertiary/aromatic N) is 2. The summed E-state index contributed by atoms with van der Waals surface area (Å²) in [6.07, 6.45) is 7.66. The van der Waals surface area contributed by atoms with Crippen LogP contribution >= 0.6 is 0 Å². The molecule has 1 aromatic rings. The van der Waals surface area contributed by atoms with E-state index >= 15 is 0 Å². The van der Waals surface area contributed by atoms with Crippen molar-refractivity contribution in [1.29, 1.82) is 0 Å². The van der Waals surface area contributed by atoms with Gasteiger partial charge < -0.3 is 0 Å². The van der Waals surface area contributed by atoms with Crippen LogP contribution in [0.3, 0.4) is 0 Å². The fourth-order valence-corrected chi connectivity index (χ4v) is 1.96. The van der Waals surface area contributed by atoms with Crippen LogP contribution in [0.25, 0.3) is 0 Å². The zero-order valence-corrected chi connectivity index (χ0v) is 10.2. The molecular weight excluding hydrogens is 184 g/mol. The summed E-state index contributed by atoms with van der Waals surface area (Å²) in [4.78, 5) is 0. The number of hydrogen-bond acceptors (Lipinski definition) is 2. The summed E-state index contributed by atoms with van der Waals surface area (Å²) in [5.41, 5.74) is 3.73. The predicted octanol–water partition coefficient (Wildman–Crippen LogP) is 3.47. The van der Waals surface area contributed by atoms with Gasteiger partial charge in [-0.25, -0.2) is 0 Å². The Hall–Kier alpha value is -0.920. The number of rotatable bonds is 0. The smallest absolute Gasteiger partial charge is 0.0663 e. The van der Waals surface area contributed by atoms with Crippen LogP contribution in [0.5, 0.6) is 0 Å². The molecule has 0 N–H and O–H groups in total. The van der Waals surface area contributed by atoms with Gasteiger partial charge in [0, 0.05) is 0 Å². The molecule has 0 aliphatic heterocycles. The molecule has 0 saturated heterocycles. The fraction of sp³-hybridized carbons (Fsp3) is 0.692. The molecule has 0 bridgehead atoms. The lowest BCUT2D eigenvalue weighted by Gasteiger charge is -2.11. The van der Waals surface area contributed by atoms with Crippen LogP contribution in [-0.4, -0.2) is 10.2 Å². The lowest BCUT2D eigenvalue weighted by atomic mass is 9.97. The molecular formula is C13H22N2. The highest BCUT2D eigenvalue weighted by Gasteiger charge is 2.08. The zero-order chi connectivity index (χ0) is 11.1. The Labute approximate surface area is 93.1 Å². The first-order valence-corrected chi connectivity index (χ1v) is 6.18. The molecule has 0 amide bonds. The number of aryl methyl sites for hydroxylation is 3. The second-order valence-electron chi connectivity index (χ2n) is 3.87. The third-order valence-corrected chi connectivity index (χ3v) is 2.69. The van der Waals surface area contributed by atoms with Crippen molar-refractivity contribution in [3.63, 3.8) is 0 Å². The van der Waals surface area contributed by atoms with E-state index in [0.29, 0.717) is 0 Å². The average molecular weight is 206 g/mol. The van der Waals surface area contributed by atoms with E-state index in [1.165, 1.54) is 43.4 Å². The lowest BCUT2D eigenvalue weighted by Crippen LogP contribution is -2.04. The van der Waals surface area contributed by atoms with Gasteiger partial charge in [-0.15, -0.1) is 0 Å². The minimum Gasteiger partial charge on any atom is -0.156 e. The Kier molecular flexibility index (Phi) is 5.30. The second kappa shape index (κ2) is 6.54. The normalized spacial score (nSPS) is 15.4. The maximum absolute atomic E-state index is 4.27. The van der Waals surface area contributed by atoms with E-state index in [4.69, 9.17) is 0 Å². The molecule has 84 valence electrons. The van der Waals surface area contributed by atoms with Crippen molar-refractivity contribution in [3.05, 3.63) is 23.0 Å². The van der Waals surface area contributed by atoms with E-state index in [-0.39, 0.29) is 0 Å². The molecule has 0 spiro atoms. The molecule has 0 fully saturated rings. The van der Waals surface area contributed by atoms with Gasteiger partial charge in [0.1, 0.15) is 0 Å². The first-order valence-electron chi connectivity index (χ1n) is 6.18. The highest BCUT2D eigenvalue weighted by molar-refractivity contribution is 5.21. The molecule has 0 saturated carbocycles. The van der Waals surface area contributed by atoms with E-state index in [0.717, 1.165) is 12.1 Å². The van der Waals surface area contributed by atoms with Gasteiger partial charge >= 0.3 is 0 Å². The minimum atomic E-state index is 1.05. The Morgan fingerprint density at radius 1 is 0.933 bits per heavy atom. The van der Waals surface area contributed by atoms with Crippen molar-refractivity contribution in [1.82, 2.24) is 10.2 Å². The molecule has 2 heteroatoms. The van der Waals surface area contributed by atoms with E-state index in [9.17, 15) is 0 Å². The zero-order valence-electron chi connectivity index (χ0n) is 10.2. The first-order chi connectivity index (χ1) is 7.36. The molecule has 15 heavy (non-hydrogen) atoms. The van der Waals surface area contributed by atoms with Crippen molar-refractivity contribution in [3.8, 4) is 0 Å². The highest BCUT2D eigenvalue weighted by atomic mass is 15.1. The monoisotopic (exact) mass is 206 g/mol. The number of hydrogen-bond donors (Lipinski definition) is 0. The average Bonchev–Trinajstić information content (AvgIpc) is 2.23. The molecule has 1 aromatic heterocycles. The molecule has 0 atom stereocenters. The van der Waals surface area contributed by atoms with Gasteiger partial charge in [0.2, 0.25) is 0 Å². The summed E-state index contributed by atoms with van der Waals surface area (Å²) in [5.74, 6) is 0. The summed E-state index contributed by atoms with van der Waals surface area (Å²) in [5, 5.41) is 8.39. The highest BCUT2D eigenvalue weighted by Crippen LogP contribution is 2.17. The van der Waals surface area contributed by atoms with Gasteiger partial charge in [-0.3, -0.25) is 0 Å². The summed E-state index contributed by atoms with van der Waals surface area (Å²) in [6.45, 7) is 6.02. The fourth-order valence-electron chi connectivity index (χ4n) is 1.96. The van der Waals surface area contributed by atoms with Gasteiger partial charge in [-0.05, 0) is 44.2 Å². The summed E-state index contributed by atoms with van der Waals surface area (Å²) < 4.78 is 0. The van der Waals surface area contributed by atoms with Crippen LogP contribution in [0.15, 0.2) is 6.07 Å². The van der Waals surface area contributed by atoms with Crippen LogP contribution in [0.2, 0.25) is 0 Å².